The first kappa shape index (κ1) is 9.85. The van der Waals surface area contributed by atoms with Crippen molar-refractivity contribution in [1.29, 1.82) is 0 Å². The van der Waals surface area contributed by atoms with Gasteiger partial charge in [-0.2, -0.15) is 0 Å². The number of hydrogen-bond donors (Lipinski definition) is 0. The molecule has 0 aromatic carbocycles. The highest BCUT2D eigenvalue weighted by atomic mass is 16.3. The van der Waals surface area contributed by atoms with E-state index in [1.54, 1.807) is 6.08 Å². The minimum absolute atomic E-state index is 0.866. The van der Waals surface area contributed by atoms with Gasteiger partial charge in [0, 0.05) is 5.56 Å². The molecule has 0 unspecified atom stereocenters. The van der Waals surface area contributed by atoms with Crippen LogP contribution in [0, 0.1) is 6.92 Å². The second-order valence-electron chi connectivity index (χ2n) is 3.23. The summed E-state index contributed by atoms with van der Waals surface area (Å²) < 4.78 is 5.45. The lowest BCUT2D eigenvalue weighted by Crippen LogP contribution is -1.74. The number of aryl methyl sites for hydroxylation is 1. The predicted octanol–water partition coefficient (Wildman–Crippen LogP) is 4.04. The molecule has 13 heavy (non-hydrogen) atoms. The second-order valence-corrected chi connectivity index (χ2v) is 3.23. The van der Waals surface area contributed by atoms with E-state index in [1.807, 2.05) is 13.0 Å². The molecular formula is C12H16O. The summed E-state index contributed by atoms with van der Waals surface area (Å²) in [4.78, 5) is 0. The highest BCUT2D eigenvalue weighted by molar-refractivity contribution is 5.62. The number of rotatable bonds is 3. The van der Waals surface area contributed by atoms with Crippen molar-refractivity contribution < 1.29 is 4.42 Å². The lowest BCUT2D eigenvalue weighted by molar-refractivity contribution is 0.524. The van der Waals surface area contributed by atoms with E-state index in [9.17, 15) is 0 Å². The van der Waals surface area contributed by atoms with Crippen molar-refractivity contribution in [2.24, 2.45) is 0 Å². The summed E-state index contributed by atoms with van der Waals surface area (Å²) >= 11 is 0. The summed E-state index contributed by atoms with van der Waals surface area (Å²) in [6.45, 7) is 9.93. The molecule has 70 valence electrons. The van der Waals surface area contributed by atoms with Crippen molar-refractivity contribution in [3.8, 4) is 0 Å². The third kappa shape index (κ3) is 2.35. The monoisotopic (exact) mass is 176 g/mol. The first-order chi connectivity index (χ1) is 6.17. The minimum atomic E-state index is 0.866. The van der Waals surface area contributed by atoms with Crippen LogP contribution >= 0.6 is 0 Å². The van der Waals surface area contributed by atoms with Gasteiger partial charge in [-0.05, 0) is 32.4 Å². The molecule has 0 aliphatic rings. The number of hydrogen-bond acceptors (Lipinski definition) is 1. The highest BCUT2D eigenvalue weighted by Crippen LogP contribution is 2.19. The van der Waals surface area contributed by atoms with Gasteiger partial charge in [0.05, 0.1) is 0 Å². The predicted molar refractivity (Wildman–Crippen MR) is 57.5 cm³/mol. The maximum Gasteiger partial charge on any atom is 0.133 e. The van der Waals surface area contributed by atoms with Gasteiger partial charge in [0.25, 0.3) is 0 Å². The average molecular weight is 176 g/mol. The molecule has 0 fully saturated rings. The summed E-state index contributed by atoms with van der Waals surface area (Å²) in [6, 6.07) is 2.04. The van der Waals surface area contributed by atoms with E-state index in [4.69, 9.17) is 4.42 Å². The van der Waals surface area contributed by atoms with Crippen LogP contribution in [-0.2, 0) is 0 Å². The third-order valence-electron chi connectivity index (χ3n) is 2.06. The molecule has 0 bridgehead atoms. The molecule has 0 saturated carbocycles. The number of furan rings is 1. The Kier molecular flexibility index (Phi) is 3.13. The maximum absolute atomic E-state index is 5.45. The van der Waals surface area contributed by atoms with Gasteiger partial charge >= 0.3 is 0 Å². The zero-order valence-electron chi connectivity index (χ0n) is 8.55. The fourth-order valence-corrected chi connectivity index (χ4v) is 1.19. The van der Waals surface area contributed by atoms with Crippen molar-refractivity contribution in [2.45, 2.75) is 27.2 Å². The van der Waals surface area contributed by atoms with Crippen molar-refractivity contribution in [2.75, 3.05) is 0 Å². The topological polar surface area (TPSA) is 13.1 Å². The van der Waals surface area contributed by atoms with Gasteiger partial charge in [-0.15, -0.1) is 0 Å². The zero-order chi connectivity index (χ0) is 9.84. The standard InChI is InChI=1S/C12H16O/c1-5-9(3)7-11-8-10(4)13-12(11)6-2/h6-8H,2,5H2,1,3-4H3/b9-7+. The first-order valence-corrected chi connectivity index (χ1v) is 4.57. The molecule has 0 atom stereocenters. The summed E-state index contributed by atoms with van der Waals surface area (Å²) in [5.74, 6) is 1.80. The Hall–Kier alpha value is -1.24. The van der Waals surface area contributed by atoms with Crippen LogP contribution in [-0.4, -0.2) is 0 Å². The zero-order valence-corrected chi connectivity index (χ0v) is 8.55. The molecule has 1 aromatic heterocycles. The third-order valence-corrected chi connectivity index (χ3v) is 2.06. The SMILES string of the molecule is C=Cc1oc(C)cc1/C=C(\C)CC. The van der Waals surface area contributed by atoms with E-state index in [2.05, 4.69) is 26.5 Å². The van der Waals surface area contributed by atoms with Crippen molar-refractivity contribution >= 4 is 12.2 Å². The molecule has 1 aromatic rings. The molecular weight excluding hydrogens is 160 g/mol. The average Bonchev–Trinajstić information content (AvgIpc) is 2.46. The van der Waals surface area contributed by atoms with Crippen molar-refractivity contribution in [3.05, 3.63) is 35.3 Å². The quantitative estimate of drug-likeness (QED) is 0.677. The molecule has 1 heterocycles. The smallest absolute Gasteiger partial charge is 0.133 e. The lowest BCUT2D eigenvalue weighted by atomic mass is 10.1. The first-order valence-electron chi connectivity index (χ1n) is 4.57. The van der Waals surface area contributed by atoms with Gasteiger partial charge in [0.2, 0.25) is 0 Å². The van der Waals surface area contributed by atoms with Crippen LogP contribution in [0.4, 0.5) is 0 Å². The fourth-order valence-electron chi connectivity index (χ4n) is 1.19. The van der Waals surface area contributed by atoms with E-state index in [0.717, 1.165) is 23.5 Å². The van der Waals surface area contributed by atoms with Gasteiger partial charge in [-0.1, -0.05) is 25.2 Å². The largest absolute Gasteiger partial charge is 0.461 e. The molecule has 0 spiro atoms. The summed E-state index contributed by atoms with van der Waals surface area (Å²) in [5, 5.41) is 0. The number of allylic oxidation sites excluding steroid dienone is 1. The Balaban J connectivity index is 3.06. The van der Waals surface area contributed by atoms with Gasteiger partial charge < -0.3 is 4.42 Å². The summed E-state index contributed by atoms with van der Waals surface area (Å²) in [7, 11) is 0. The molecule has 0 saturated heterocycles. The Morgan fingerprint density at radius 2 is 2.31 bits per heavy atom. The summed E-state index contributed by atoms with van der Waals surface area (Å²) in [5.41, 5.74) is 2.48. The highest BCUT2D eigenvalue weighted by Gasteiger charge is 2.02. The van der Waals surface area contributed by atoms with Crippen LogP contribution in [0.25, 0.3) is 12.2 Å². The van der Waals surface area contributed by atoms with E-state index < -0.39 is 0 Å². The molecule has 1 heteroatoms. The van der Waals surface area contributed by atoms with Crippen LogP contribution in [0.3, 0.4) is 0 Å². The van der Waals surface area contributed by atoms with Crippen LogP contribution in [0.2, 0.25) is 0 Å². The Labute approximate surface area is 79.8 Å². The Morgan fingerprint density at radius 3 is 2.85 bits per heavy atom. The van der Waals surface area contributed by atoms with E-state index in [0.29, 0.717) is 0 Å². The molecule has 0 radical (unpaired) electrons. The fraction of sp³-hybridized carbons (Fsp3) is 0.333. The van der Waals surface area contributed by atoms with Crippen molar-refractivity contribution in [1.82, 2.24) is 0 Å². The second kappa shape index (κ2) is 4.13. The Morgan fingerprint density at radius 1 is 1.62 bits per heavy atom. The van der Waals surface area contributed by atoms with Gasteiger partial charge in [-0.25, -0.2) is 0 Å². The Bertz CT molecular complexity index is 329. The van der Waals surface area contributed by atoms with Crippen molar-refractivity contribution in [3.63, 3.8) is 0 Å². The van der Waals surface area contributed by atoms with Gasteiger partial charge in [0.15, 0.2) is 0 Å². The van der Waals surface area contributed by atoms with Gasteiger partial charge in [0.1, 0.15) is 11.5 Å². The van der Waals surface area contributed by atoms with Gasteiger partial charge in [-0.3, -0.25) is 0 Å². The van der Waals surface area contributed by atoms with Crippen LogP contribution in [0.15, 0.2) is 22.6 Å². The summed E-state index contributed by atoms with van der Waals surface area (Å²) in [6.07, 6.45) is 4.97. The molecule has 1 nitrogen and oxygen atoms in total. The molecule has 0 aliphatic carbocycles. The van der Waals surface area contributed by atoms with Crippen LogP contribution < -0.4 is 0 Å². The lowest BCUT2D eigenvalue weighted by Gasteiger charge is -1.94. The van der Waals surface area contributed by atoms with Crippen LogP contribution in [0.1, 0.15) is 37.4 Å². The molecule has 0 aliphatic heterocycles. The molecule has 1 rings (SSSR count). The normalized spacial score (nSPS) is 11.8. The van der Waals surface area contributed by atoms with E-state index in [1.165, 1.54) is 5.57 Å². The molecule has 0 N–H and O–H groups in total. The van der Waals surface area contributed by atoms with E-state index >= 15 is 0 Å². The van der Waals surface area contributed by atoms with Crippen LogP contribution in [0.5, 0.6) is 0 Å². The minimum Gasteiger partial charge on any atom is -0.461 e. The van der Waals surface area contributed by atoms with E-state index in [-0.39, 0.29) is 0 Å². The molecule has 0 amide bonds. The maximum atomic E-state index is 5.45.